The molecule has 0 unspecified atom stereocenters. The summed E-state index contributed by atoms with van der Waals surface area (Å²) in [6, 6.07) is 1.99. The van der Waals surface area contributed by atoms with Crippen LogP contribution < -0.4 is 10.2 Å². The van der Waals surface area contributed by atoms with Gasteiger partial charge in [0.25, 0.3) is 5.91 Å². The van der Waals surface area contributed by atoms with Gasteiger partial charge in [0.1, 0.15) is 5.69 Å². The van der Waals surface area contributed by atoms with E-state index in [9.17, 15) is 4.79 Å². The molecule has 3 heterocycles. The number of amides is 1. The molecule has 0 radical (unpaired) electrons. The van der Waals surface area contributed by atoms with Crippen molar-refractivity contribution in [2.24, 2.45) is 0 Å². The third-order valence-electron chi connectivity index (χ3n) is 4.41. The lowest BCUT2D eigenvalue weighted by Crippen LogP contribution is -2.45. The lowest BCUT2D eigenvalue weighted by atomic mass is 10.0. The average molecular weight is 304 g/mol. The molecule has 1 amide bonds. The molecule has 3 fully saturated rings. The second kappa shape index (κ2) is 5.48. The number of nitrogens with one attached hydrogen (secondary N) is 1. The van der Waals surface area contributed by atoms with Gasteiger partial charge in [0.15, 0.2) is 5.79 Å². The lowest BCUT2D eigenvalue weighted by molar-refractivity contribution is -0.169. The van der Waals surface area contributed by atoms with Crippen LogP contribution in [0.15, 0.2) is 12.3 Å². The van der Waals surface area contributed by atoms with E-state index in [1.807, 2.05) is 0 Å². The molecule has 0 bridgehead atoms. The average Bonchev–Trinajstić information content (AvgIpc) is 3.26. The predicted molar refractivity (Wildman–Crippen MR) is 78.6 cm³/mol. The van der Waals surface area contributed by atoms with Crippen LogP contribution in [-0.2, 0) is 9.47 Å². The van der Waals surface area contributed by atoms with Crippen molar-refractivity contribution in [2.75, 3.05) is 31.2 Å². The number of anilines is 1. The molecular formula is C15H20N4O3. The number of piperidine rings is 1. The van der Waals surface area contributed by atoms with Gasteiger partial charge in [0, 0.05) is 38.2 Å². The minimum Gasteiger partial charge on any atom is -0.348 e. The van der Waals surface area contributed by atoms with E-state index in [1.54, 1.807) is 12.3 Å². The number of carbonyl (C=O) groups is 1. The number of hydrogen-bond acceptors (Lipinski definition) is 6. The molecule has 1 aromatic heterocycles. The summed E-state index contributed by atoms with van der Waals surface area (Å²) in [5.74, 6) is 0.0932. The first-order valence-electron chi connectivity index (χ1n) is 7.91. The summed E-state index contributed by atoms with van der Waals surface area (Å²) in [6.07, 6.45) is 5.39. The summed E-state index contributed by atoms with van der Waals surface area (Å²) < 4.78 is 11.4. The summed E-state index contributed by atoms with van der Waals surface area (Å²) in [7, 11) is 0. The van der Waals surface area contributed by atoms with Crippen LogP contribution in [0.1, 0.15) is 36.2 Å². The Bertz CT molecular complexity index is 560. The van der Waals surface area contributed by atoms with Crippen LogP contribution in [0.3, 0.4) is 0 Å². The fourth-order valence-electron chi connectivity index (χ4n) is 2.95. The molecule has 1 aliphatic carbocycles. The van der Waals surface area contributed by atoms with E-state index in [2.05, 4.69) is 20.2 Å². The maximum Gasteiger partial charge on any atom is 0.270 e. The van der Waals surface area contributed by atoms with Gasteiger partial charge >= 0.3 is 0 Å². The first-order valence-corrected chi connectivity index (χ1v) is 7.91. The number of nitrogens with zero attached hydrogens (tertiary/aromatic N) is 3. The Balaban J connectivity index is 1.43. The Kier molecular flexibility index (Phi) is 3.46. The van der Waals surface area contributed by atoms with E-state index < -0.39 is 5.79 Å². The second-order valence-corrected chi connectivity index (χ2v) is 6.08. The quantitative estimate of drug-likeness (QED) is 0.886. The molecular weight excluding hydrogens is 284 g/mol. The van der Waals surface area contributed by atoms with E-state index >= 15 is 0 Å². The third kappa shape index (κ3) is 2.78. The minimum absolute atomic E-state index is 0.109. The molecule has 0 atom stereocenters. The Morgan fingerprint density at radius 1 is 1.27 bits per heavy atom. The number of aromatic nitrogens is 2. The zero-order chi connectivity index (χ0) is 15.0. The van der Waals surface area contributed by atoms with Crippen molar-refractivity contribution in [1.82, 2.24) is 15.3 Å². The summed E-state index contributed by atoms with van der Waals surface area (Å²) in [5.41, 5.74) is 0.436. The van der Waals surface area contributed by atoms with E-state index in [1.165, 1.54) is 0 Å². The van der Waals surface area contributed by atoms with E-state index in [4.69, 9.17) is 9.47 Å². The second-order valence-electron chi connectivity index (χ2n) is 6.08. The number of ether oxygens (including phenoxy) is 2. The Hall–Kier alpha value is -1.73. The number of carbonyl (C=O) groups excluding carboxylic acids is 1. The molecule has 4 rings (SSSR count). The first-order chi connectivity index (χ1) is 10.7. The van der Waals surface area contributed by atoms with Crippen molar-refractivity contribution < 1.29 is 14.3 Å². The molecule has 1 aromatic rings. The molecule has 1 N–H and O–H groups in total. The van der Waals surface area contributed by atoms with Crippen molar-refractivity contribution in [3.63, 3.8) is 0 Å². The molecule has 1 spiro atoms. The standard InChI is InChI=1S/C15H20N4O3/c20-13(17-11-1-2-11)12-3-6-16-14(18-12)19-7-4-15(5-8-19)21-9-10-22-15/h3,6,11H,1-2,4-5,7-10H2,(H,17,20). The monoisotopic (exact) mass is 304 g/mol. The molecule has 3 aliphatic rings. The number of rotatable bonds is 3. The summed E-state index contributed by atoms with van der Waals surface area (Å²) in [5, 5.41) is 2.95. The van der Waals surface area contributed by atoms with Gasteiger partial charge < -0.3 is 19.7 Å². The molecule has 118 valence electrons. The molecule has 22 heavy (non-hydrogen) atoms. The van der Waals surface area contributed by atoms with E-state index in [0.29, 0.717) is 30.9 Å². The zero-order valence-corrected chi connectivity index (χ0v) is 12.5. The van der Waals surface area contributed by atoms with Crippen LogP contribution in [0.4, 0.5) is 5.95 Å². The Labute approximate surface area is 129 Å². The highest BCUT2D eigenvalue weighted by Crippen LogP contribution is 2.32. The molecule has 7 heteroatoms. The fraction of sp³-hybridized carbons (Fsp3) is 0.667. The van der Waals surface area contributed by atoms with Crippen molar-refractivity contribution >= 4 is 11.9 Å². The summed E-state index contributed by atoms with van der Waals surface area (Å²) in [4.78, 5) is 22.9. The van der Waals surface area contributed by atoms with E-state index in [-0.39, 0.29) is 5.91 Å². The van der Waals surface area contributed by atoms with Gasteiger partial charge in [-0.15, -0.1) is 0 Å². The highest BCUT2D eigenvalue weighted by Gasteiger charge is 2.40. The van der Waals surface area contributed by atoms with Crippen molar-refractivity contribution in [1.29, 1.82) is 0 Å². The summed E-state index contributed by atoms with van der Waals surface area (Å²) in [6.45, 7) is 2.89. The smallest absolute Gasteiger partial charge is 0.270 e. The Morgan fingerprint density at radius 3 is 2.68 bits per heavy atom. The van der Waals surface area contributed by atoms with E-state index in [0.717, 1.165) is 38.8 Å². The maximum absolute atomic E-state index is 12.1. The van der Waals surface area contributed by atoms with Crippen LogP contribution in [0.2, 0.25) is 0 Å². The molecule has 1 saturated carbocycles. The summed E-state index contributed by atoms with van der Waals surface area (Å²) >= 11 is 0. The first kappa shape index (κ1) is 13.9. The van der Waals surface area contributed by atoms with Gasteiger partial charge in [-0.1, -0.05) is 0 Å². The van der Waals surface area contributed by atoms with Gasteiger partial charge in [-0.3, -0.25) is 4.79 Å². The molecule has 7 nitrogen and oxygen atoms in total. The lowest BCUT2D eigenvalue weighted by Gasteiger charge is -2.37. The highest BCUT2D eigenvalue weighted by atomic mass is 16.7. The predicted octanol–water partition coefficient (Wildman–Crippen LogP) is 0.712. The van der Waals surface area contributed by atoms with Crippen molar-refractivity contribution in [3.8, 4) is 0 Å². The minimum atomic E-state index is -0.405. The van der Waals surface area contributed by atoms with Crippen LogP contribution in [0.5, 0.6) is 0 Å². The van der Waals surface area contributed by atoms with Crippen LogP contribution in [0.25, 0.3) is 0 Å². The largest absolute Gasteiger partial charge is 0.348 e. The Morgan fingerprint density at radius 2 is 2.00 bits per heavy atom. The van der Waals surface area contributed by atoms with Gasteiger partial charge in [-0.2, -0.15) is 0 Å². The van der Waals surface area contributed by atoms with Crippen LogP contribution in [0, 0.1) is 0 Å². The van der Waals surface area contributed by atoms with Gasteiger partial charge in [-0.25, -0.2) is 9.97 Å². The normalized spacial score (nSPS) is 23.7. The topological polar surface area (TPSA) is 76.6 Å². The van der Waals surface area contributed by atoms with Gasteiger partial charge in [0.05, 0.1) is 13.2 Å². The van der Waals surface area contributed by atoms with Gasteiger partial charge in [-0.05, 0) is 18.9 Å². The third-order valence-corrected chi connectivity index (χ3v) is 4.41. The number of hydrogen-bond donors (Lipinski definition) is 1. The SMILES string of the molecule is O=C(NC1CC1)c1ccnc(N2CCC3(CC2)OCCO3)n1. The van der Waals surface area contributed by atoms with Crippen molar-refractivity contribution in [3.05, 3.63) is 18.0 Å². The molecule has 0 aromatic carbocycles. The zero-order valence-electron chi connectivity index (χ0n) is 12.5. The maximum atomic E-state index is 12.1. The van der Waals surface area contributed by atoms with Gasteiger partial charge in [0.2, 0.25) is 5.95 Å². The van der Waals surface area contributed by atoms with Crippen LogP contribution >= 0.6 is 0 Å². The molecule has 2 saturated heterocycles. The van der Waals surface area contributed by atoms with Crippen molar-refractivity contribution in [2.45, 2.75) is 37.5 Å². The fourth-order valence-corrected chi connectivity index (χ4v) is 2.95. The highest BCUT2D eigenvalue weighted by molar-refractivity contribution is 5.92. The van der Waals surface area contributed by atoms with Crippen LogP contribution in [-0.4, -0.2) is 54.0 Å². The molecule has 2 aliphatic heterocycles.